The average molecular weight is 279 g/mol. The molecule has 1 N–H and O–H groups in total. The maximum Gasteiger partial charge on any atom is 0.162 e. The van der Waals surface area contributed by atoms with Crippen LogP contribution in [0.1, 0.15) is 30.6 Å². The summed E-state index contributed by atoms with van der Waals surface area (Å²) in [4.78, 5) is 0. The van der Waals surface area contributed by atoms with Gasteiger partial charge in [-0.25, -0.2) is 8.78 Å². The van der Waals surface area contributed by atoms with E-state index in [9.17, 15) is 8.78 Å². The molecule has 3 nitrogen and oxygen atoms in total. The molecule has 0 saturated heterocycles. The van der Waals surface area contributed by atoms with E-state index in [-0.39, 0.29) is 6.04 Å². The van der Waals surface area contributed by atoms with Crippen LogP contribution in [0.4, 0.5) is 8.78 Å². The van der Waals surface area contributed by atoms with Gasteiger partial charge in [-0.2, -0.15) is 5.10 Å². The molecule has 0 aliphatic carbocycles. The molecule has 108 valence electrons. The van der Waals surface area contributed by atoms with Crippen LogP contribution in [0.5, 0.6) is 0 Å². The zero-order chi connectivity index (χ0) is 14.5. The summed E-state index contributed by atoms with van der Waals surface area (Å²) in [5.41, 5.74) is 1.35. The molecule has 0 bridgehead atoms. The van der Waals surface area contributed by atoms with Crippen LogP contribution in [0.25, 0.3) is 0 Å². The summed E-state index contributed by atoms with van der Waals surface area (Å²) in [7, 11) is 1.81. The number of nitrogens with zero attached hydrogens (tertiary/aromatic N) is 2. The van der Waals surface area contributed by atoms with Crippen molar-refractivity contribution in [2.45, 2.75) is 32.4 Å². The first-order valence-corrected chi connectivity index (χ1v) is 6.79. The molecule has 1 aromatic heterocycles. The van der Waals surface area contributed by atoms with Gasteiger partial charge < -0.3 is 5.32 Å². The molecule has 1 atom stereocenters. The van der Waals surface area contributed by atoms with Crippen LogP contribution >= 0.6 is 0 Å². The number of aryl methyl sites for hydroxylation is 1. The lowest BCUT2D eigenvalue weighted by molar-refractivity contribution is 0.468. The van der Waals surface area contributed by atoms with Crippen molar-refractivity contribution in [3.8, 4) is 0 Å². The van der Waals surface area contributed by atoms with Gasteiger partial charge in [0, 0.05) is 12.7 Å². The van der Waals surface area contributed by atoms with Crippen LogP contribution in [0.3, 0.4) is 0 Å². The van der Waals surface area contributed by atoms with Gasteiger partial charge in [0.15, 0.2) is 11.6 Å². The fourth-order valence-corrected chi connectivity index (χ4v) is 2.32. The van der Waals surface area contributed by atoms with E-state index in [1.807, 2.05) is 17.8 Å². The number of hydrogen-bond acceptors (Lipinski definition) is 2. The van der Waals surface area contributed by atoms with Crippen molar-refractivity contribution in [2.24, 2.45) is 0 Å². The largest absolute Gasteiger partial charge is 0.311 e. The molecule has 0 fully saturated rings. The predicted molar refractivity (Wildman–Crippen MR) is 74.4 cm³/mol. The minimum atomic E-state index is -0.806. The fraction of sp³-hybridized carbons (Fsp3) is 0.400. The van der Waals surface area contributed by atoms with Gasteiger partial charge in [0.1, 0.15) is 0 Å². The number of rotatable bonds is 6. The number of halogens is 2. The highest BCUT2D eigenvalue weighted by atomic mass is 19.2. The van der Waals surface area contributed by atoms with Gasteiger partial charge in [0.05, 0.1) is 11.7 Å². The Morgan fingerprint density at radius 3 is 2.80 bits per heavy atom. The highest BCUT2D eigenvalue weighted by Crippen LogP contribution is 2.21. The van der Waals surface area contributed by atoms with Crippen molar-refractivity contribution in [3.05, 3.63) is 53.4 Å². The Kier molecular flexibility index (Phi) is 4.84. The fourth-order valence-electron chi connectivity index (χ4n) is 2.32. The Morgan fingerprint density at radius 1 is 1.30 bits per heavy atom. The van der Waals surface area contributed by atoms with Crippen molar-refractivity contribution in [2.75, 3.05) is 7.05 Å². The molecule has 0 saturated carbocycles. The summed E-state index contributed by atoms with van der Waals surface area (Å²) in [5.74, 6) is -1.58. The van der Waals surface area contributed by atoms with E-state index < -0.39 is 11.6 Å². The third-order valence-electron chi connectivity index (χ3n) is 3.35. The molecule has 2 rings (SSSR count). The summed E-state index contributed by atoms with van der Waals surface area (Å²) >= 11 is 0. The van der Waals surface area contributed by atoms with Crippen LogP contribution in [-0.2, 0) is 13.0 Å². The Labute approximate surface area is 117 Å². The normalized spacial score (nSPS) is 12.6. The highest BCUT2D eigenvalue weighted by molar-refractivity contribution is 5.22. The third-order valence-corrected chi connectivity index (χ3v) is 3.35. The second-order valence-electron chi connectivity index (χ2n) is 4.74. The van der Waals surface area contributed by atoms with Gasteiger partial charge in [-0.05, 0) is 37.6 Å². The Hall–Kier alpha value is -1.75. The standard InChI is InChI=1S/C15H19F2N3/c1-3-9-20-14(7-8-19-20)13(18-2)10-11-5-4-6-12(16)15(11)17/h4-8,13,18H,3,9-10H2,1-2H3. The zero-order valence-corrected chi connectivity index (χ0v) is 11.7. The number of nitrogens with one attached hydrogen (secondary N) is 1. The molecule has 20 heavy (non-hydrogen) atoms. The van der Waals surface area contributed by atoms with Crippen LogP contribution in [0.15, 0.2) is 30.5 Å². The van der Waals surface area contributed by atoms with E-state index in [1.165, 1.54) is 6.07 Å². The van der Waals surface area contributed by atoms with E-state index in [4.69, 9.17) is 0 Å². The first-order valence-electron chi connectivity index (χ1n) is 6.79. The first kappa shape index (κ1) is 14.7. The maximum absolute atomic E-state index is 13.8. The molecule has 0 spiro atoms. The molecule has 0 aliphatic rings. The van der Waals surface area contributed by atoms with Crippen LogP contribution < -0.4 is 5.32 Å². The van der Waals surface area contributed by atoms with E-state index in [1.54, 1.807) is 12.3 Å². The Bertz CT molecular complexity index is 566. The van der Waals surface area contributed by atoms with Gasteiger partial charge in [-0.3, -0.25) is 4.68 Å². The molecular formula is C15H19F2N3. The van der Waals surface area contributed by atoms with Crippen LogP contribution in [0.2, 0.25) is 0 Å². The minimum Gasteiger partial charge on any atom is -0.311 e. The smallest absolute Gasteiger partial charge is 0.162 e. The van der Waals surface area contributed by atoms with E-state index in [0.717, 1.165) is 24.7 Å². The second-order valence-corrected chi connectivity index (χ2v) is 4.74. The van der Waals surface area contributed by atoms with E-state index in [0.29, 0.717) is 12.0 Å². The first-order chi connectivity index (χ1) is 9.67. The van der Waals surface area contributed by atoms with Gasteiger partial charge in [0.2, 0.25) is 0 Å². The molecule has 1 unspecified atom stereocenters. The zero-order valence-electron chi connectivity index (χ0n) is 11.7. The molecular weight excluding hydrogens is 260 g/mol. The highest BCUT2D eigenvalue weighted by Gasteiger charge is 2.18. The molecule has 1 heterocycles. The van der Waals surface area contributed by atoms with Gasteiger partial charge in [-0.15, -0.1) is 0 Å². The summed E-state index contributed by atoms with van der Waals surface area (Å²) < 4.78 is 28.9. The monoisotopic (exact) mass is 279 g/mol. The van der Waals surface area contributed by atoms with Crippen molar-refractivity contribution < 1.29 is 8.78 Å². The summed E-state index contributed by atoms with van der Waals surface area (Å²) in [6.45, 7) is 2.89. The number of aromatic nitrogens is 2. The Morgan fingerprint density at radius 2 is 2.10 bits per heavy atom. The van der Waals surface area contributed by atoms with Crippen LogP contribution in [-0.4, -0.2) is 16.8 Å². The lowest BCUT2D eigenvalue weighted by Gasteiger charge is -2.18. The molecule has 5 heteroatoms. The number of likely N-dealkylation sites (N-methyl/N-ethyl adjacent to an activating group) is 1. The summed E-state index contributed by atoms with van der Waals surface area (Å²) in [6.07, 6.45) is 3.09. The van der Waals surface area contributed by atoms with Crippen LogP contribution in [0, 0.1) is 11.6 Å². The maximum atomic E-state index is 13.8. The predicted octanol–water partition coefficient (Wildman–Crippen LogP) is 3.07. The third kappa shape index (κ3) is 3.04. The molecule has 1 aromatic carbocycles. The number of hydrogen-bond donors (Lipinski definition) is 1. The van der Waals surface area contributed by atoms with Crippen molar-refractivity contribution >= 4 is 0 Å². The lowest BCUT2D eigenvalue weighted by atomic mass is 10.0. The summed E-state index contributed by atoms with van der Waals surface area (Å²) in [6, 6.07) is 6.09. The van der Waals surface area contributed by atoms with Gasteiger partial charge in [0.25, 0.3) is 0 Å². The SMILES string of the molecule is CCCn1nccc1C(Cc1cccc(F)c1F)NC. The van der Waals surface area contributed by atoms with Gasteiger partial charge >= 0.3 is 0 Å². The number of benzene rings is 1. The molecule has 2 aromatic rings. The van der Waals surface area contributed by atoms with Crippen molar-refractivity contribution in [1.29, 1.82) is 0 Å². The average Bonchev–Trinajstić information content (AvgIpc) is 2.89. The van der Waals surface area contributed by atoms with E-state index >= 15 is 0 Å². The molecule has 0 amide bonds. The second kappa shape index (κ2) is 6.61. The quantitative estimate of drug-likeness (QED) is 0.880. The van der Waals surface area contributed by atoms with Crippen molar-refractivity contribution in [1.82, 2.24) is 15.1 Å². The minimum absolute atomic E-state index is 0.0969. The Balaban J connectivity index is 2.24. The molecule has 0 radical (unpaired) electrons. The molecule has 0 aliphatic heterocycles. The lowest BCUT2D eigenvalue weighted by Crippen LogP contribution is -2.23. The topological polar surface area (TPSA) is 29.9 Å². The van der Waals surface area contributed by atoms with Crippen molar-refractivity contribution in [3.63, 3.8) is 0 Å². The summed E-state index contributed by atoms with van der Waals surface area (Å²) in [5, 5.41) is 7.41. The van der Waals surface area contributed by atoms with E-state index in [2.05, 4.69) is 17.3 Å². The van der Waals surface area contributed by atoms with Gasteiger partial charge in [-0.1, -0.05) is 19.1 Å².